The Morgan fingerprint density at radius 2 is 2.09 bits per heavy atom. The molecule has 3 atom stereocenters. The average Bonchev–Trinajstić information content (AvgIpc) is 2.30. The maximum absolute atomic E-state index is 5.88. The summed E-state index contributed by atoms with van der Waals surface area (Å²) >= 11 is 0. The molecular formula is C9H14N2. The van der Waals surface area contributed by atoms with Gasteiger partial charge in [0.25, 0.3) is 0 Å². The van der Waals surface area contributed by atoms with Gasteiger partial charge in [-0.2, -0.15) is 0 Å². The SMILES string of the molecule is CC1CC2C=CC=CC2N1N. The molecule has 2 nitrogen and oxygen atoms in total. The van der Waals surface area contributed by atoms with Crippen LogP contribution in [0.2, 0.25) is 0 Å². The monoisotopic (exact) mass is 150 g/mol. The zero-order valence-corrected chi connectivity index (χ0v) is 6.77. The smallest absolute Gasteiger partial charge is 0.0490 e. The van der Waals surface area contributed by atoms with Crippen LogP contribution in [-0.4, -0.2) is 17.1 Å². The molecule has 1 heterocycles. The lowest BCUT2D eigenvalue weighted by Gasteiger charge is -2.22. The van der Waals surface area contributed by atoms with E-state index in [0.717, 1.165) is 0 Å². The van der Waals surface area contributed by atoms with Crippen molar-refractivity contribution in [2.75, 3.05) is 0 Å². The van der Waals surface area contributed by atoms with Crippen molar-refractivity contribution in [3.63, 3.8) is 0 Å². The molecule has 0 bridgehead atoms. The molecule has 60 valence electrons. The minimum Gasteiger partial charge on any atom is -0.268 e. The van der Waals surface area contributed by atoms with Crippen molar-refractivity contribution in [2.45, 2.75) is 25.4 Å². The third kappa shape index (κ3) is 1.03. The van der Waals surface area contributed by atoms with Crippen LogP contribution in [0.4, 0.5) is 0 Å². The molecule has 0 saturated carbocycles. The van der Waals surface area contributed by atoms with Gasteiger partial charge in [-0.05, 0) is 19.3 Å². The lowest BCUT2D eigenvalue weighted by atomic mass is 9.95. The Morgan fingerprint density at radius 1 is 1.36 bits per heavy atom. The molecule has 3 unspecified atom stereocenters. The van der Waals surface area contributed by atoms with Crippen LogP contribution < -0.4 is 5.84 Å². The Balaban J connectivity index is 2.20. The summed E-state index contributed by atoms with van der Waals surface area (Å²) in [4.78, 5) is 0. The fourth-order valence-electron chi connectivity index (χ4n) is 1.99. The number of hydrogen-bond acceptors (Lipinski definition) is 2. The molecule has 0 spiro atoms. The van der Waals surface area contributed by atoms with Crippen molar-refractivity contribution in [2.24, 2.45) is 11.8 Å². The molecule has 0 aromatic rings. The molecule has 11 heavy (non-hydrogen) atoms. The topological polar surface area (TPSA) is 29.3 Å². The molecule has 1 aliphatic heterocycles. The van der Waals surface area contributed by atoms with Crippen molar-refractivity contribution in [1.82, 2.24) is 5.01 Å². The van der Waals surface area contributed by atoms with E-state index in [9.17, 15) is 0 Å². The Morgan fingerprint density at radius 3 is 2.82 bits per heavy atom. The van der Waals surface area contributed by atoms with Gasteiger partial charge < -0.3 is 0 Å². The van der Waals surface area contributed by atoms with Gasteiger partial charge in [0.05, 0.1) is 0 Å². The molecule has 1 fully saturated rings. The summed E-state index contributed by atoms with van der Waals surface area (Å²) < 4.78 is 0. The molecule has 0 radical (unpaired) electrons. The molecule has 2 N–H and O–H groups in total. The molecule has 0 amide bonds. The van der Waals surface area contributed by atoms with Crippen molar-refractivity contribution < 1.29 is 0 Å². The predicted octanol–water partition coefficient (Wildman–Crippen LogP) is 1.07. The normalized spacial score (nSPS) is 42.9. The van der Waals surface area contributed by atoms with Crippen LogP contribution in [0.15, 0.2) is 24.3 Å². The van der Waals surface area contributed by atoms with Crippen molar-refractivity contribution >= 4 is 0 Å². The fraction of sp³-hybridized carbons (Fsp3) is 0.556. The first-order chi connectivity index (χ1) is 5.29. The van der Waals surface area contributed by atoms with Crippen molar-refractivity contribution in [3.8, 4) is 0 Å². The number of nitrogens with two attached hydrogens (primary N) is 1. The minimum absolute atomic E-state index is 0.454. The standard InChI is InChI=1S/C9H14N2/c1-7-6-8-4-2-3-5-9(8)11(7)10/h2-5,7-9H,6,10H2,1H3. The number of hydrogen-bond donors (Lipinski definition) is 1. The van der Waals surface area contributed by atoms with Crippen LogP contribution in [0.3, 0.4) is 0 Å². The van der Waals surface area contributed by atoms with Crippen LogP contribution in [-0.2, 0) is 0 Å². The Hall–Kier alpha value is -0.600. The van der Waals surface area contributed by atoms with Crippen LogP contribution in [0.1, 0.15) is 13.3 Å². The third-order valence-corrected chi connectivity index (χ3v) is 2.68. The van der Waals surface area contributed by atoms with Gasteiger partial charge in [-0.3, -0.25) is 5.84 Å². The molecule has 0 aromatic heterocycles. The quantitative estimate of drug-likeness (QED) is 0.523. The maximum Gasteiger partial charge on any atom is 0.0490 e. The van der Waals surface area contributed by atoms with Crippen molar-refractivity contribution in [1.29, 1.82) is 0 Å². The molecule has 1 aliphatic carbocycles. The third-order valence-electron chi connectivity index (χ3n) is 2.68. The number of rotatable bonds is 0. The van der Waals surface area contributed by atoms with Crippen molar-refractivity contribution in [3.05, 3.63) is 24.3 Å². The predicted molar refractivity (Wildman–Crippen MR) is 45.7 cm³/mol. The summed E-state index contributed by atoms with van der Waals surface area (Å²) in [5, 5.41) is 1.96. The summed E-state index contributed by atoms with van der Waals surface area (Å²) in [5.74, 6) is 6.53. The summed E-state index contributed by atoms with van der Waals surface area (Å²) in [6.45, 7) is 2.18. The van der Waals surface area contributed by atoms with Gasteiger partial charge in [0.1, 0.15) is 0 Å². The summed E-state index contributed by atoms with van der Waals surface area (Å²) in [5.41, 5.74) is 0. The highest BCUT2D eigenvalue weighted by Gasteiger charge is 2.34. The van der Waals surface area contributed by atoms with E-state index < -0.39 is 0 Å². The average molecular weight is 150 g/mol. The van der Waals surface area contributed by atoms with E-state index in [4.69, 9.17) is 5.84 Å². The largest absolute Gasteiger partial charge is 0.268 e. The summed E-state index contributed by atoms with van der Waals surface area (Å²) in [6, 6.07) is 0.979. The van der Waals surface area contributed by atoms with Crippen LogP contribution in [0.5, 0.6) is 0 Å². The van der Waals surface area contributed by atoms with Gasteiger partial charge in [0, 0.05) is 12.1 Å². The van der Waals surface area contributed by atoms with E-state index in [1.54, 1.807) is 0 Å². The van der Waals surface area contributed by atoms with Crippen LogP contribution >= 0.6 is 0 Å². The van der Waals surface area contributed by atoms with Gasteiger partial charge >= 0.3 is 0 Å². The maximum atomic E-state index is 5.88. The van der Waals surface area contributed by atoms with E-state index in [-0.39, 0.29) is 0 Å². The van der Waals surface area contributed by atoms with E-state index in [1.807, 2.05) is 5.01 Å². The Kier molecular flexibility index (Phi) is 1.59. The minimum atomic E-state index is 0.454. The van der Waals surface area contributed by atoms with Gasteiger partial charge in [-0.15, -0.1) is 0 Å². The van der Waals surface area contributed by atoms with E-state index in [0.29, 0.717) is 18.0 Å². The molecule has 2 rings (SSSR count). The molecular weight excluding hydrogens is 136 g/mol. The fourth-order valence-corrected chi connectivity index (χ4v) is 1.99. The molecule has 0 aromatic carbocycles. The Bertz CT molecular complexity index is 208. The lowest BCUT2D eigenvalue weighted by molar-refractivity contribution is 0.231. The molecule has 2 aliphatic rings. The summed E-state index contributed by atoms with van der Waals surface area (Å²) in [7, 11) is 0. The highest BCUT2D eigenvalue weighted by molar-refractivity contribution is 5.19. The molecule has 2 heteroatoms. The summed E-state index contributed by atoms with van der Waals surface area (Å²) in [6.07, 6.45) is 9.84. The lowest BCUT2D eigenvalue weighted by Crippen LogP contribution is -2.41. The van der Waals surface area contributed by atoms with Crippen LogP contribution in [0.25, 0.3) is 0 Å². The second-order valence-electron chi connectivity index (χ2n) is 3.46. The first kappa shape index (κ1) is 7.07. The van der Waals surface area contributed by atoms with E-state index in [2.05, 4.69) is 31.2 Å². The van der Waals surface area contributed by atoms with Gasteiger partial charge in [-0.25, -0.2) is 5.01 Å². The first-order valence-electron chi connectivity index (χ1n) is 4.17. The van der Waals surface area contributed by atoms with E-state index in [1.165, 1.54) is 6.42 Å². The zero-order valence-electron chi connectivity index (χ0n) is 6.77. The van der Waals surface area contributed by atoms with Gasteiger partial charge in [0.15, 0.2) is 0 Å². The van der Waals surface area contributed by atoms with Gasteiger partial charge in [0.2, 0.25) is 0 Å². The highest BCUT2D eigenvalue weighted by atomic mass is 15.4. The van der Waals surface area contributed by atoms with E-state index >= 15 is 0 Å². The second kappa shape index (κ2) is 2.47. The number of nitrogens with zero attached hydrogens (tertiary/aromatic N) is 1. The van der Waals surface area contributed by atoms with Gasteiger partial charge in [-0.1, -0.05) is 24.3 Å². The molecule has 1 saturated heterocycles. The number of hydrazine groups is 1. The van der Waals surface area contributed by atoms with Crippen LogP contribution in [0, 0.1) is 5.92 Å². The second-order valence-corrected chi connectivity index (χ2v) is 3.46. The zero-order chi connectivity index (χ0) is 7.84. The highest BCUT2D eigenvalue weighted by Crippen LogP contribution is 2.30. The Labute approximate surface area is 67.3 Å². The first-order valence-corrected chi connectivity index (χ1v) is 4.17. The number of allylic oxidation sites excluding steroid dienone is 2. The number of fused-ring (bicyclic) bond motifs is 1.